The Morgan fingerprint density at radius 1 is 1.06 bits per heavy atom. The van der Waals surface area contributed by atoms with E-state index in [-0.39, 0.29) is 0 Å². The topological polar surface area (TPSA) is 15.3 Å². The van der Waals surface area contributed by atoms with Crippen molar-refractivity contribution < 1.29 is 0 Å². The molecule has 1 aromatic carbocycles. The van der Waals surface area contributed by atoms with Crippen molar-refractivity contribution in [3.8, 4) is 0 Å². The average molecular weight is 244 g/mol. The van der Waals surface area contributed by atoms with Gasteiger partial charge in [0.1, 0.15) is 0 Å². The van der Waals surface area contributed by atoms with Crippen molar-refractivity contribution >= 4 is 5.69 Å². The first-order valence-corrected chi connectivity index (χ1v) is 7.39. The van der Waals surface area contributed by atoms with E-state index in [9.17, 15) is 0 Å². The van der Waals surface area contributed by atoms with Crippen LogP contribution in [0.3, 0.4) is 0 Å². The van der Waals surface area contributed by atoms with Crippen LogP contribution >= 0.6 is 0 Å². The quantitative estimate of drug-likeness (QED) is 0.875. The Morgan fingerprint density at radius 3 is 2.33 bits per heavy atom. The van der Waals surface area contributed by atoms with Gasteiger partial charge in [-0.3, -0.25) is 0 Å². The van der Waals surface area contributed by atoms with Gasteiger partial charge in [-0.2, -0.15) is 0 Å². The zero-order valence-electron chi connectivity index (χ0n) is 11.3. The Bertz CT molecular complexity index is 364. The van der Waals surface area contributed by atoms with Crippen molar-refractivity contribution in [3.05, 3.63) is 30.3 Å². The molecule has 3 rings (SSSR count). The summed E-state index contributed by atoms with van der Waals surface area (Å²) in [5.41, 5.74) is 1.38. The Labute approximate surface area is 110 Å². The van der Waals surface area contributed by atoms with Crippen LogP contribution in [-0.2, 0) is 0 Å². The Balaban J connectivity index is 1.48. The predicted octanol–water partition coefficient (Wildman–Crippen LogP) is 3.04. The van der Waals surface area contributed by atoms with Gasteiger partial charge in [0.25, 0.3) is 0 Å². The molecule has 2 heteroatoms. The SMILES string of the molecule is CC(NC1CCN(c2ccccc2)CC1)C1CC1. The van der Waals surface area contributed by atoms with Gasteiger partial charge >= 0.3 is 0 Å². The molecule has 2 aliphatic rings. The molecule has 0 aromatic heterocycles. The maximum atomic E-state index is 3.83. The van der Waals surface area contributed by atoms with Gasteiger partial charge in [-0.05, 0) is 50.7 Å². The van der Waals surface area contributed by atoms with Crippen LogP contribution < -0.4 is 10.2 Å². The summed E-state index contributed by atoms with van der Waals surface area (Å²) in [7, 11) is 0. The summed E-state index contributed by atoms with van der Waals surface area (Å²) in [4.78, 5) is 2.51. The molecule has 0 amide bonds. The summed E-state index contributed by atoms with van der Waals surface area (Å²) < 4.78 is 0. The molecule has 1 aliphatic carbocycles. The molecule has 2 fully saturated rings. The molecule has 18 heavy (non-hydrogen) atoms. The second-order valence-electron chi connectivity index (χ2n) is 5.89. The minimum atomic E-state index is 0.735. The van der Waals surface area contributed by atoms with E-state index in [1.165, 1.54) is 44.5 Å². The molecule has 1 aliphatic heterocycles. The lowest BCUT2D eigenvalue weighted by Gasteiger charge is -2.35. The van der Waals surface area contributed by atoms with Crippen molar-refractivity contribution in [1.82, 2.24) is 5.32 Å². The number of nitrogens with one attached hydrogen (secondary N) is 1. The van der Waals surface area contributed by atoms with E-state index in [4.69, 9.17) is 0 Å². The number of piperidine rings is 1. The van der Waals surface area contributed by atoms with E-state index < -0.39 is 0 Å². The summed E-state index contributed by atoms with van der Waals surface area (Å²) in [5.74, 6) is 0.970. The maximum Gasteiger partial charge on any atom is 0.0366 e. The lowest BCUT2D eigenvalue weighted by molar-refractivity contribution is 0.358. The highest BCUT2D eigenvalue weighted by Gasteiger charge is 2.30. The van der Waals surface area contributed by atoms with Gasteiger partial charge in [-0.25, -0.2) is 0 Å². The molecule has 1 saturated carbocycles. The van der Waals surface area contributed by atoms with E-state index in [1.54, 1.807) is 0 Å². The van der Waals surface area contributed by atoms with Crippen LogP contribution in [0, 0.1) is 5.92 Å². The number of para-hydroxylation sites is 1. The fourth-order valence-electron chi connectivity index (χ4n) is 3.05. The summed E-state index contributed by atoms with van der Waals surface area (Å²) >= 11 is 0. The molecular weight excluding hydrogens is 220 g/mol. The van der Waals surface area contributed by atoms with Crippen LogP contribution in [0.5, 0.6) is 0 Å². The van der Waals surface area contributed by atoms with Gasteiger partial charge in [0, 0.05) is 30.9 Å². The molecule has 1 unspecified atom stereocenters. The fraction of sp³-hybridized carbons (Fsp3) is 0.625. The molecule has 1 saturated heterocycles. The van der Waals surface area contributed by atoms with E-state index in [2.05, 4.69) is 47.5 Å². The number of rotatable bonds is 4. The van der Waals surface area contributed by atoms with Gasteiger partial charge in [-0.15, -0.1) is 0 Å². The molecule has 98 valence electrons. The Hall–Kier alpha value is -1.02. The van der Waals surface area contributed by atoms with Crippen LogP contribution in [0.1, 0.15) is 32.6 Å². The molecule has 0 spiro atoms. The first-order chi connectivity index (χ1) is 8.83. The van der Waals surface area contributed by atoms with Crippen molar-refractivity contribution in [3.63, 3.8) is 0 Å². The monoisotopic (exact) mass is 244 g/mol. The van der Waals surface area contributed by atoms with Crippen LogP contribution in [0.4, 0.5) is 5.69 Å². The first-order valence-electron chi connectivity index (χ1n) is 7.39. The van der Waals surface area contributed by atoms with Gasteiger partial charge in [-0.1, -0.05) is 18.2 Å². The predicted molar refractivity (Wildman–Crippen MR) is 77.0 cm³/mol. The zero-order valence-corrected chi connectivity index (χ0v) is 11.3. The molecule has 1 N–H and O–H groups in total. The van der Waals surface area contributed by atoms with Crippen molar-refractivity contribution in [2.24, 2.45) is 5.92 Å². The van der Waals surface area contributed by atoms with E-state index >= 15 is 0 Å². The van der Waals surface area contributed by atoms with Crippen LogP contribution in [0.25, 0.3) is 0 Å². The summed E-state index contributed by atoms with van der Waals surface area (Å²) in [5, 5.41) is 3.83. The lowest BCUT2D eigenvalue weighted by atomic mass is 10.0. The Kier molecular flexibility index (Phi) is 3.55. The second-order valence-corrected chi connectivity index (χ2v) is 5.89. The second kappa shape index (κ2) is 5.31. The van der Waals surface area contributed by atoms with Crippen molar-refractivity contribution in [2.75, 3.05) is 18.0 Å². The minimum Gasteiger partial charge on any atom is -0.371 e. The van der Waals surface area contributed by atoms with Crippen molar-refractivity contribution in [2.45, 2.75) is 44.7 Å². The van der Waals surface area contributed by atoms with Gasteiger partial charge in [0.05, 0.1) is 0 Å². The van der Waals surface area contributed by atoms with Gasteiger partial charge in [0.2, 0.25) is 0 Å². The third-order valence-electron chi connectivity index (χ3n) is 4.44. The van der Waals surface area contributed by atoms with Crippen LogP contribution in [-0.4, -0.2) is 25.2 Å². The minimum absolute atomic E-state index is 0.735. The average Bonchev–Trinajstić information content (AvgIpc) is 3.25. The maximum absolute atomic E-state index is 3.83. The molecule has 1 heterocycles. The standard InChI is InChI=1S/C16H24N2/c1-13(14-7-8-14)17-15-9-11-18(12-10-15)16-5-3-2-4-6-16/h2-6,13-15,17H,7-12H2,1H3. The van der Waals surface area contributed by atoms with E-state index in [0.717, 1.165) is 18.0 Å². The van der Waals surface area contributed by atoms with Gasteiger partial charge in [0.15, 0.2) is 0 Å². The third-order valence-corrected chi connectivity index (χ3v) is 4.44. The summed E-state index contributed by atoms with van der Waals surface area (Å²) in [6.45, 7) is 4.75. The van der Waals surface area contributed by atoms with E-state index in [0.29, 0.717) is 0 Å². The van der Waals surface area contributed by atoms with Crippen LogP contribution in [0.2, 0.25) is 0 Å². The molecular formula is C16H24N2. The Morgan fingerprint density at radius 2 is 1.72 bits per heavy atom. The summed E-state index contributed by atoms with van der Waals surface area (Å²) in [6, 6.07) is 12.3. The smallest absolute Gasteiger partial charge is 0.0366 e. The van der Waals surface area contributed by atoms with Crippen molar-refractivity contribution in [1.29, 1.82) is 0 Å². The molecule has 0 radical (unpaired) electrons. The highest BCUT2D eigenvalue weighted by Crippen LogP contribution is 2.33. The largest absolute Gasteiger partial charge is 0.371 e. The summed E-state index contributed by atoms with van der Waals surface area (Å²) in [6.07, 6.45) is 5.45. The fourth-order valence-corrected chi connectivity index (χ4v) is 3.05. The molecule has 0 bridgehead atoms. The van der Waals surface area contributed by atoms with Gasteiger partial charge < -0.3 is 10.2 Å². The number of hydrogen-bond donors (Lipinski definition) is 1. The normalized spacial score (nSPS) is 23.1. The number of anilines is 1. The lowest BCUT2D eigenvalue weighted by Crippen LogP contribution is -2.46. The highest BCUT2D eigenvalue weighted by atomic mass is 15.1. The third kappa shape index (κ3) is 2.86. The number of nitrogens with zero attached hydrogens (tertiary/aromatic N) is 1. The number of benzene rings is 1. The molecule has 2 nitrogen and oxygen atoms in total. The first kappa shape index (κ1) is 12.0. The van der Waals surface area contributed by atoms with Crippen LogP contribution in [0.15, 0.2) is 30.3 Å². The zero-order chi connectivity index (χ0) is 12.4. The highest BCUT2D eigenvalue weighted by molar-refractivity contribution is 5.46. The molecule has 1 aromatic rings. The molecule has 1 atom stereocenters. The number of hydrogen-bond acceptors (Lipinski definition) is 2. The van der Waals surface area contributed by atoms with E-state index in [1.807, 2.05) is 0 Å².